The maximum absolute atomic E-state index is 12.2. The van der Waals surface area contributed by atoms with Gasteiger partial charge in [0.25, 0.3) is 5.91 Å². The van der Waals surface area contributed by atoms with Crippen LogP contribution >= 0.6 is 11.6 Å². The summed E-state index contributed by atoms with van der Waals surface area (Å²) in [5.74, 6) is -0.198. The fraction of sp³-hybridized carbons (Fsp3) is 0.278. The number of aromatic nitrogens is 2. The van der Waals surface area contributed by atoms with Crippen LogP contribution < -0.4 is 16.4 Å². The number of aryl methyl sites for hydroxylation is 1. The number of rotatable bonds is 7. The van der Waals surface area contributed by atoms with Crippen LogP contribution in [0, 0.1) is 5.41 Å². The minimum absolute atomic E-state index is 0.00288. The van der Waals surface area contributed by atoms with Crippen molar-refractivity contribution in [2.24, 2.45) is 11.1 Å². The van der Waals surface area contributed by atoms with Crippen LogP contribution in [0.25, 0.3) is 0 Å². The van der Waals surface area contributed by atoms with Crippen LogP contribution in [0.4, 0.5) is 16.3 Å². The lowest BCUT2D eigenvalue weighted by molar-refractivity contribution is 0.0996. The van der Waals surface area contributed by atoms with E-state index in [4.69, 9.17) is 17.3 Å². The number of aliphatic hydroxyl groups is 1. The topological polar surface area (TPSA) is 133 Å². The molecule has 1 aromatic carbocycles. The van der Waals surface area contributed by atoms with Gasteiger partial charge in [-0.2, -0.15) is 0 Å². The van der Waals surface area contributed by atoms with Gasteiger partial charge in [0.1, 0.15) is 11.5 Å². The molecule has 9 heteroatoms. The molecular weight excluding hydrogens is 370 g/mol. The quantitative estimate of drug-likeness (QED) is 0.458. The number of nitrogens with two attached hydrogens (primary N) is 1. The van der Waals surface area contributed by atoms with Gasteiger partial charge in [-0.1, -0.05) is 32.0 Å². The van der Waals surface area contributed by atoms with Crippen molar-refractivity contribution < 1.29 is 14.7 Å². The molecule has 8 nitrogen and oxygen atoms in total. The average molecular weight is 392 g/mol. The Kier molecular flexibility index (Phi) is 6.12. The molecular formula is C18H22ClN5O3. The van der Waals surface area contributed by atoms with Gasteiger partial charge in [-0.05, 0) is 30.7 Å². The van der Waals surface area contributed by atoms with Crippen molar-refractivity contribution in [3.63, 3.8) is 0 Å². The molecule has 3 amide bonds. The predicted octanol–water partition coefficient (Wildman–Crippen LogP) is 3.84. The lowest BCUT2D eigenvalue weighted by atomic mass is 9.86. The van der Waals surface area contributed by atoms with Crippen molar-refractivity contribution >= 4 is 35.0 Å². The van der Waals surface area contributed by atoms with Crippen molar-refractivity contribution in [3.05, 3.63) is 53.1 Å². The Balaban J connectivity index is 2.10. The van der Waals surface area contributed by atoms with E-state index >= 15 is 0 Å². The number of aromatic amines is 1. The second-order valence-corrected chi connectivity index (χ2v) is 7.12. The molecule has 0 fully saturated rings. The molecule has 144 valence electrons. The summed E-state index contributed by atoms with van der Waals surface area (Å²) in [5.41, 5.74) is 5.36. The van der Waals surface area contributed by atoms with Crippen molar-refractivity contribution in [3.8, 4) is 0 Å². The third-order valence-corrected chi connectivity index (χ3v) is 4.35. The van der Waals surface area contributed by atoms with E-state index in [-0.39, 0.29) is 17.3 Å². The molecule has 0 aliphatic heterocycles. The molecule has 0 radical (unpaired) electrons. The van der Waals surface area contributed by atoms with Crippen molar-refractivity contribution in [2.75, 3.05) is 10.6 Å². The molecule has 2 rings (SSSR count). The van der Waals surface area contributed by atoms with Gasteiger partial charge < -0.3 is 21.1 Å². The van der Waals surface area contributed by atoms with Gasteiger partial charge >= 0.3 is 6.03 Å². The number of benzene rings is 1. The van der Waals surface area contributed by atoms with Crippen LogP contribution in [0.15, 0.2) is 36.6 Å². The number of urea groups is 1. The maximum atomic E-state index is 12.2. The zero-order chi connectivity index (χ0) is 20.2. The zero-order valence-electron chi connectivity index (χ0n) is 15.1. The first-order chi connectivity index (χ1) is 12.6. The molecule has 0 aliphatic rings. The smallest absolute Gasteiger partial charge is 0.324 e. The maximum Gasteiger partial charge on any atom is 0.324 e. The first kappa shape index (κ1) is 20.3. The number of hydrogen-bond acceptors (Lipinski definition) is 4. The number of carbonyl (C=O) groups excluding carboxylic acids is 2. The molecule has 1 aromatic heterocycles. The highest BCUT2D eigenvalue weighted by Gasteiger charge is 2.23. The Hall–Kier alpha value is -3.00. The number of aliphatic hydroxyl groups excluding tert-OH is 1. The summed E-state index contributed by atoms with van der Waals surface area (Å²) < 4.78 is 0. The number of H-pyrrole nitrogens is 1. The summed E-state index contributed by atoms with van der Waals surface area (Å²) in [7, 11) is 0. The van der Waals surface area contributed by atoms with E-state index in [2.05, 4.69) is 27.2 Å². The monoisotopic (exact) mass is 391 g/mol. The standard InChI is InChI=1S/C18H22ClN5O3/c1-10(25)18(2,3)9-8-13-22-14(15(20)26)16(23-13)24-17(27)21-12-6-4-11(19)5-7-12/h4-7,25H,1,8-9H2,2-3H3,(H2,20,26)(H,22,23)(H2,21,24,27). The third kappa shape index (κ3) is 5.49. The summed E-state index contributed by atoms with van der Waals surface area (Å²) in [6.45, 7) is 7.23. The third-order valence-electron chi connectivity index (χ3n) is 4.10. The van der Waals surface area contributed by atoms with Crippen LogP contribution in [0.1, 0.15) is 36.6 Å². The number of halogens is 1. The van der Waals surface area contributed by atoms with E-state index in [1.165, 1.54) is 0 Å². The van der Waals surface area contributed by atoms with E-state index in [1.54, 1.807) is 24.3 Å². The van der Waals surface area contributed by atoms with Gasteiger partial charge in [0, 0.05) is 22.5 Å². The summed E-state index contributed by atoms with van der Waals surface area (Å²) in [6, 6.07) is 5.96. The molecule has 0 atom stereocenters. The first-order valence-corrected chi connectivity index (χ1v) is 8.57. The summed E-state index contributed by atoms with van der Waals surface area (Å²) in [5, 5.41) is 15.3. The summed E-state index contributed by atoms with van der Waals surface area (Å²) in [4.78, 5) is 30.8. The van der Waals surface area contributed by atoms with Crippen molar-refractivity contribution in [1.29, 1.82) is 0 Å². The Morgan fingerprint density at radius 1 is 1.30 bits per heavy atom. The predicted molar refractivity (Wildman–Crippen MR) is 105 cm³/mol. The Bertz CT molecular complexity index is 858. The number of allylic oxidation sites excluding steroid dienone is 1. The van der Waals surface area contributed by atoms with Crippen LogP contribution in [0.3, 0.4) is 0 Å². The molecule has 6 N–H and O–H groups in total. The van der Waals surface area contributed by atoms with Gasteiger partial charge in [0.2, 0.25) is 0 Å². The highest BCUT2D eigenvalue weighted by Crippen LogP contribution is 2.29. The number of primary amides is 1. The number of anilines is 2. The van der Waals surface area contributed by atoms with Gasteiger partial charge in [-0.15, -0.1) is 0 Å². The van der Waals surface area contributed by atoms with E-state index in [9.17, 15) is 14.7 Å². The average Bonchev–Trinajstić information content (AvgIpc) is 2.98. The molecule has 0 unspecified atom stereocenters. The summed E-state index contributed by atoms with van der Waals surface area (Å²) >= 11 is 5.80. The highest BCUT2D eigenvalue weighted by molar-refractivity contribution is 6.30. The van der Waals surface area contributed by atoms with Gasteiger partial charge in [-0.3, -0.25) is 10.1 Å². The van der Waals surface area contributed by atoms with Gasteiger partial charge in [0.15, 0.2) is 5.82 Å². The Morgan fingerprint density at radius 2 is 1.93 bits per heavy atom. The summed E-state index contributed by atoms with van der Waals surface area (Å²) in [6.07, 6.45) is 0.956. The van der Waals surface area contributed by atoms with Crippen molar-refractivity contribution in [1.82, 2.24) is 9.97 Å². The van der Waals surface area contributed by atoms with Crippen LogP contribution in [-0.4, -0.2) is 27.0 Å². The van der Waals surface area contributed by atoms with Gasteiger partial charge in [-0.25, -0.2) is 9.78 Å². The Morgan fingerprint density at radius 3 is 2.48 bits per heavy atom. The van der Waals surface area contributed by atoms with E-state index in [1.807, 2.05) is 13.8 Å². The number of imidazole rings is 1. The van der Waals surface area contributed by atoms with E-state index in [0.29, 0.717) is 29.4 Å². The minimum Gasteiger partial charge on any atom is -0.512 e. The van der Waals surface area contributed by atoms with Crippen LogP contribution in [-0.2, 0) is 6.42 Å². The normalized spacial score (nSPS) is 11.1. The lowest BCUT2D eigenvalue weighted by Gasteiger charge is -2.22. The molecule has 0 bridgehead atoms. The number of carbonyl (C=O) groups is 2. The van der Waals surface area contributed by atoms with Crippen LogP contribution in [0.5, 0.6) is 0 Å². The van der Waals surface area contributed by atoms with Gasteiger partial charge in [0.05, 0.1) is 5.76 Å². The van der Waals surface area contributed by atoms with Crippen molar-refractivity contribution in [2.45, 2.75) is 26.7 Å². The number of nitrogens with zero attached hydrogens (tertiary/aromatic N) is 1. The number of amides is 3. The lowest BCUT2D eigenvalue weighted by Crippen LogP contribution is -2.22. The first-order valence-electron chi connectivity index (χ1n) is 8.19. The van der Waals surface area contributed by atoms with E-state index < -0.39 is 17.4 Å². The zero-order valence-corrected chi connectivity index (χ0v) is 15.9. The molecule has 0 saturated carbocycles. The Labute approximate surface area is 161 Å². The molecule has 1 heterocycles. The largest absolute Gasteiger partial charge is 0.512 e. The molecule has 0 saturated heterocycles. The fourth-order valence-electron chi connectivity index (χ4n) is 2.19. The minimum atomic E-state index is -0.749. The second kappa shape index (κ2) is 8.13. The van der Waals surface area contributed by atoms with E-state index in [0.717, 1.165) is 0 Å². The molecule has 0 aliphatic carbocycles. The fourth-order valence-corrected chi connectivity index (χ4v) is 2.31. The highest BCUT2D eigenvalue weighted by atomic mass is 35.5. The second-order valence-electron chi connectivity index (χ2n) is 6.69. The van der Waals surface area contributed by atoms with Crippen LogP contribution in [0.2, 0.25) is 5.02 Å². The molecule has 27 heavy (non-hydrogen) atoms. The number of hydrogen-bond donors (Lipinski definition) is 5. The number of nitrogens with one attached hydrogen (secondary N) is 3. The SMILES string of the molecule is C=C(O)C(C)(C)CCc1nc(NC(=O)Nc2ccc(Cl)cc2)c(C(N)=O)[nH]1. The molecule has 0 spiro atoms. The molecule has 2 aromatic rings.